The molecular formula is C25H26F4N8O2. The zero-order valence-electron chi connectivity index (χ0n) is 21.1. The first-order valence-corrected chi connectivity index (χ1v) is 11.7. The molecule has 0 aromatic carbocycles. The highest BCUT2D eigenvalue weighted by Gasteiger charge is 2.45. The van der Waals surface area contributed by atoms with Crippen molar-refractivity contribution >= 4 is 40.9 Å². The smallest absolute Gasteiger partial charge is 0.405 e. The van der Waals surface area contributed by atoms with Crippen LogP contribution in [0.5, 0.6) is 5.75 Å². The van der Waals surface area contributed by atoms with Crippen molar-refractivity contribution in [2.45, 2.75) is 12.2 Å². The second-order valence-corrected chi connectivity index (χ2v) is 8.70. The number of nitrogens with zero attached hydrogens (tertiary/aromatic N) is 5. The third-order valence-corrected chi connectivity index (χ3v) is 6.12. The molecule has 3 aromatic heterocycles. The number of hydrogen-bond donors (Lipinski definition) is 3. The molecule has 4 rings (SSSR count). The van der Waals surface area contributed by atoms with Gasteiger partial charge in [0.1, 0.15) is 23.4 Å². The van der Waals surface area contributed by atoms with Crippen molar-refractivity contribution in [1.29, 1.82) is 0 Å². The van der Waals surface area contributed by atoms with E-state index in [-0.39, 0.29) is 42.0 Å². The van der Waals surface area contributed by atoms with Gasteiger partial charge in [-0.15, -0.1) is 0 Å². The first-order valence-electron chi connectivity index (χ1n) is 11.7. The third kappa shape index (κ3) is 6.17. The molecular weight excluding hydrogens is 520 g/mol. The molecule has 0 saturated carbocycles. The number of anilines is 5. The molecule has 39 heavy (non-hydrogen) atoms. The second kappa shape index (κ2) is 11.1. The lowest BCUT2D eigenvalue weighted by Gasteiger charge is -2.40. The van der Waals surface area contributed by atoms with E-state index in [4.69, 9.17) is 4.74 Å². The van der Waals surface area contributed by atoms with Gasteiger partial charge in [-0.3, -0.25) is 9.69 Å². The van der Waals surface area contributed by atoms with Gasteiger partial charge in [0.15, 0.2) is 11.6 Å². The van der Waals surface area contributed by atoms with Gasteiger partial charge in [-0.2, -0.15) is 18.2 Å². The number of aromatic amines is 1. The number of piperazine rings is 1. The fourth-order valence-electron chi connectivity index (χ4n) is 4.09. The van der Waals surface area contributed by atoms with E-state index in [9.17, 15) is 22.4 Å². The molecule has 1 saturated heterocycles. The Labute approximate surface area is 221 Å². The highest BCUT2D eigenvalue weighted by Crippen LogP contribution is 2.34. The molecule has 1 aliphatic heterocycles. The lowest BCUT2D eigenvalue weighted by Crippen LogP contribution is -2.57. The molecule has 0 amide bonds. The van der Waals surface area contributed by atoms with Crippen molar-refractivity contribution < 1.29 is 22.3 Å². The maximum absolute atomic E-state index is 13.6. The average Bonchev–Trinajstić information content (AvgIpc) is 2.89. The molecule has 1 unspecified atom stereocenters. The van der Waals surface area contributed by atoms with Crippen LogP contribution in [0.15, 0.2) is 48.5 Å². The Bertz CT molecular complexity index is 1440. The van der Waals surface area contributed by atoms with Gasteiger partial charge in [-0.25, -0.2) is 14.4 Å². The van der Waals surface area contributed by atoms with E-state index >= 15 is 0 Å². The minimum atomic E-state index is -4.37. The molecule has 10 nitrogen and oxygen atoms in total. The van der Waals surface area contributed by atoms with Gasteiger partial charge in [-0.1, -0.05) is 19.2 Å². The number of halogens is 4. The molecule has 1 aliphatic rings. The summed E-state index contributed by atoms with van der Waals surface area (Å²) in [6.07, 6.45) is -0.116. The van der Waals surface area contributed by atoms with E-state index in [1.54, 1.807) is 11.0 Å². The summed E-state index contributed by atoms with van der Waals surface area (Å²) in [5.41, 5.74) is 0.185. The number of hydrogen-bond acceptors (Lipinski definition) is 9. The lowest BCUT2D eigenvalue weighted by atomic mass is 10.1. The Kier molecular flexibility index (Phi) is 7.85. The zero-order valence-corrected chi connectivity index (χ0v) is 21.1. The first-order chi connectivity index (χ1) is 18.5. The number of ether oxygens (including phenoxy) is 1. The molecule has 3 aromatic rings. The third-order valence-electron chi connectivity index (χ3n) is 6.12. The van der Waals surface area contributed by atoms with Gasteiger partial charge in [0, 0.05) is 37.5 Å². The summed E-state index contributed by atoms with van der Waals surface area (Å²) in [5, 5.41) is 5.82. The number of alkyl halides is 3. The van der Waals surface area contributed by atoms with E-state index in [0.29, 0.717) is 23.6 Å². The fraction of sp³-hybridized carbons (Fsp3) is 0.280. The van der Waals surface area contributed by atoms with Gasteiger partial charge in [0.2, 0.25) is 5.95 Å². The SMILES string of the molecule is C=Cc1cc(Nc2ccnc(Nc3cnc(N4CCN(C)C(C(F)(F)F)C4)c(OC)c3)n2)c(=O)[nH]c1C(=C)F. The van der Waals surface area contributed by atoms with Crippen molar-refractivity contribution in [2.75, 3.05) is 49.3 Å². The van der Waals surface area contributed by atoms with Crippen molar-refractivity contribution in [3.8, 4) is 5.75 Å². The number of likely N-dealkylation sites (N-methyl/N-ethyl adjacent to an activating group) is 1. The lowest BCUT2D eigenvalue weighted by molar-refractivity contribution is -0.180. The molecule has 1 atom stereocenters. The number of nitrogens with one attached hydrogen (secondary N) is 3. The van der Waals surface area contributed by atoms with Crippen LogP contribution in [0.3, 0.4) is 0 Å². The summed E-state index contributed by atoms with van der Waals surface area (Å²) in [4.78, 5) is 30.4. The van der Waals surface area contributed by atoms with Gasteiger partial charge in [0.05, 0.1) is 24.7 Å². The Hall–Kier alpha value is -4.46. The highest BCUT2D eigenvalue weighted by atomic mass is 19.4. The van der Waals surface area contributed by atoms with Crippen LogP contribution in [0.25, 0.3) is 11.9 Å². The summed E-state index contributed by atoms with van der Waals surface area (Å²) < 4.78 is 59.4. The second-order valence-electron chi connectivity index (χ2n) is 8.70. The normalized spacial score (nSPS) is 16.1. The van der Waals surface area contributed by atoms with Crippen LogP contribution in [0, 0.1) is 0 Å². The van der Waals surface area contributed by atoms with Crippen LogP contribution in [0.4, 0.5) is 46.5 Å². The van der Waals surface area contributed by atoms with E-state index in [1.165, 1.54) is 49.7 Å². The van der Waals surface area contributed by atoms with E-state index in [0.717, 1.165) is 0 Å². The predicted octanol–water partition coefficient (Wildman–Crippen LogP) is 4.32. The van der Waals surface area contributed by atoms with Crippen LogP contribution >= 0.6 is 0 Å². The Morgan fingerprint density at radius 3 is 2.69 bits per heavy atom. The summed E-state index contributed by atoms with van der Waals surface area (Å²) in [7, 11) is 2.85. The minimum absolute atomic E-state index is 0.0685. The monoisotopic (exact) mass is 546 g/mol. The predicted molar refractivity (Wildman–Crippen MR) is 141 cm³/mol. The number of pyridine rings is 2. The molecule has 0 radical (unpaired) electrons. The van der Waals surface area contributed by atoms with Crippen molar-refractivity contribution in [3.63, 3.8) is 0 Å². The van der Waals surface area contributed by atoms with Crippen molar-refractivity contribution in [2.24, 2.45) is 0 Å². The number of aromatic nitrogens is 4. The van der Waals surface area contributed by atoms with Gasteiger partial charge >= 0.3 is 6.18 Å². The molecule has 0 spiro atoms. The average molecular weight is 547 g/mol. The van der Waals surface area contributed by atoms with E-state index in [2.05, 4.69) is 43.7 Å². The standard InChI is InChI=1S/C25H26F4N8O2/c1-5-15-10-17(23(38)35-21(15)14(2)26)33-20-6-7-30-24(34-20)32-16-11-18(39-4)22(31-12-16)37-9-8-36(3)19(13-37)25(27,28)29/h5-7,10-12,19H,1-2,8-9,13H2,3-4H3,(H,35,38)(H2,30,32,33,34). The van der Waals surface area contributed by atoms with Gasteiger partial charge in [0.25, 0.3) is 5.56 Å². The molecule has 14 heteroatoms. The molecule has 206 valence electrons. The van der Waals surface area contributed by atoms with Crippen LogP contribution in [-0.2, 0) is 0 Å². The van der Waals surface area contributed by atoms with Gasteiger partial charge < -0.3 is 25.3 Å². The number of methoxy groups -OCH3 is 1. The van der Waals surface area contributed by atoms with Crippen LogP contribution in [0.2, 0.25) is 0 Å². The maximum Gasteiger partial charge on any atom is 0.405 e. The van der Waals surface area contributed by atoms with Crippen molar-refractivity contribution in [1.82, 2.24) is 24.8 Å². The zero-order chi connectivity index (χ0) is 28.3. The molecule has 1 fully saturated rings. The molecule has 0 aliphatic carbocycles. The molecule has 0 bridgehead atoms. The maximum atomic E-state index is 13.6. The highest BCUT2D eigenvalue weighted by molar-refractivity contribution is 5.70. The summed E-state index contributed by atoms with van der Waals surface area (Å²) in [6, 6.07) is 2.89. The van der Waals surface area contributed by atoms with Crippen molar-refractivity contribution in [3.05, 3.63) is 65.4 Å². The van der Waals surface area contributed by atoms with E-state index < -0.39 is 23.6 Å². The quantitative estimate of drug-likeness (QED) is 0.356. The molecule has 3 N–H and O–H groups in total. The Morgan fingerprint density at radius 1 is 1.26 bits per heavy atom. The topological polar surface area (TPSA) is 111 Å². The Balaban J connectivity index is 1.53. The number of rotatable bonds is 8. The fourth-order valence-corrected chi connectivity index (χ4v) is 4.09. The summed E-state index contributed by atoms with van der Waals surface area (Å²) in [5.74, 6) is 0.163. The number of H-pyrrole nitrogens is 1. The largest absolute Gasteiger partial charge is 0.493 e. The minimum Gasteiger partial charge on any atom is -0.493 e. The van der Waals surface area contributed by atoms with Crippen LogP contribution in [0.1, 0.15) is 11.3 Å². The summed E-state index contributed by atoms with van der Waals surface area (Å²) >= 11 is 0. The molecule has 4 heterocycles. The van der Waals surface area contributed by atoms with Crippen LogP contribution in [-0.4, -0.2) is 70.8 Å². The Morgan fingerprint density at radius 2 is 2.03 bits per heavy atom. The van der Waals surface area contributed by atoms with E-state index in [1.807, 2.05) is 0 Å². The van der Waals surface area contributed by atoms with Gasteiger partial charge in [-0.05, 0) is 19.2 Å². The first kappa shape index (κ1) is 27.6. The summed E-state index contributed by atoms with van der Waals surface area (Å²) in [6.45, 7) is 7.10. The van der Waals surface area contributed by atoms with Crippen LogP contribution < -0.4 is 25.8 Å².